The van der Waals surface area contributed by atoms with Crippen molar-refractivity contribution < 1.29 is 13.2 Å². The topological polar surface area (TPSA) is 62.1 Å². The summed E-state index contributed by atoms with van der Waals surface area (Å²) in [5.74, 6) is -0.641. The third kappa shape index (κ3) is 2.23. The molecule has 132 valence electrons. The van der Waals surface area contributed by atoms with E-state index >= 15 is 0 Å². The Kier molecular flexibility index (Phi) is 3.03. The van der Waals surface area contributed by atoms with Crippen molar-refractivity contribution >= 4 is 22.4 Å². The SMILES string of the molecule is FC(F)(F)c1nnc2ccc(N3CCc4[nH]c5ccccc5c4C3)nn12. The van der Waals surface area contributed by atoms with Crippen molar-refractivity contribution in [2.75, 3.05) is 11.4 Å². The van der Waals surface area contributed by atoms with Crippen LogP contribution in [0.25, 0.3) is 16.6 Å². The van der Waals surface area contributed by atoms with E-state index in [0.717, 1.165) is 27.4 Å². The number of alkyl halides is 3. The van der Waals surface area contributed by atoms with E-state index in [1.807, 2.05) is 29.2 Å². The van der Waals surface area contributed by atoms with E-state index in [4.69, 9.17) is 0 Å². The van der Waals surface area contributed by atoms with Crippen molar-refractivity contribution in [3.8, 4) is 0 Å². The monoisotopic (exact) mass is 358 g/mol. The van der Waals surface area contributed by atoms with E-state index in [-0.39, 0.29) is 5.65 Å². The van der Waals surface area contributed by atoms with Gasteiger partial charge in [-0.1, -0.05) is 18.2 Å². The highest BCUT2D eigenvalue weighted by Crippen LogP contribution is 2.31. The number of nitrogens with one attached hydrogen (secondary N) is 1. The quantitative estimate of drug-likeness (QED) is 0.568. The van der Waals surface area contributed by atoms with Gasteiger partial charge in [-0.05, 0) is 18.2 Å². The molecule has 0 bridgehead atoms. The van der Waals surface area contributed by atoms with Crippen LogP contribution in [0.15, 0.2) is 36.4 Å². The molecule has 26 heavy (non-hydrogen) atoms. The minimum Gasteiger partial charge on any atom is -0.358 e. The van der Waals surface area contributed by atoms with E-state index in [1.165, 1.54) is 11.8 Å². The smallest absolute Gasteiger partial charge is 0.358 e. The molecule has 0 saturated heterocycles. The molecule has 0 aliphatic carbocycles. The Morgan fingerprint density at radius 1 is 1.04 bits per heavy atom. The predicted octanol–water partition coefficient (Wildman–Crippen LogP) is 3.19. The molecule has 9 heteroatoms. The third-order valence-electron chi connectivity index (χ3n) is 4.71. The van der Waals surface area contributed by atoms with Gasteiger partial charge in [0.15, 0.2) is 5.65 Å². The number of anilines is 1. The molecule has 0 atom stereocenters. The van der Waals surface area contributed by atoms with Gasteiger partial charge in [0, 0.05) is 41.7 Å². The molecule has 1 aliphatic heterocycles. The molecule has 3 aromatic heterocycles. The minimum atomic E-state index is -4.60. The van der Waals surface area contributed by atoms with Crippen LogP contribution in [0, 0.1) is 0 Å². The molecule has 0 radical (unpaired) electrons. The van der Waals surface area contributed by atoms with Crippen molar-refractivity contribution in [2.24, 2.45) is 0 Å². The predicted molar refractivity (Wildman–Crippen MR) is 88.8 cm³/mol. The van der Waals surface area contributed by atoms with E-state index < -0.39 is 12.0 Å². The zero-order valence-electron chi connectivity index (χ0n) is 13.5. The number of rotatable bonds is 1. The van der Waals surface area contributed by atoms with Gasteiger partial charge >= 0.3 is 6.18 Å². The maximum absolute atomic E-state index is 13.1. The van der Waals surface area contributed by atoms with Gasteiger partial charge in [0.05, 0.1) is 0 Å². The number of fused-ring (bicyclic) bond motifs is 4. The largest absolute Gasteiger partial charge is 0.453 e. The lowest BCUT2D eigenvalue weighted by atomic mass is 10.0. The van der Waals surface area contributed by atoms with E-state index in [9.17, 15) is 13.2 Å². The fourth-order valence-electron chi connectivity index (χ4n) is 3.49. The van der Waals surface area contributed by atoms with Crippen LogP contribution in [0.5, 0.6) is 0 Å². The van der Waals surface area contributed by atoms with Crippen LogP contribution in [0.4, 0.5) is 19.0 Å². The second-order valence-corrected chi connectivity index (χ2v) is 6.28. The number of hydrogen-bond donors (Lipinski definition) is 1. The van der Waals surface area contributed by atoms with Crippen molar-refractivity contribution in [1.29, 1.82) is 0 Å². The Balaban J connectivity index is 1.56. The second-order valence-electron chi connectivity index (χ2n) is 6.28. The standard InChI is InChI=1S/C17H13F3N6/c18-17(19,20)16-23-22-14-5-6-15(24-26(14)16)25-8-7-13-11(9-25)10-3-1-2-4-12(10)21-13/h1-6,21H,7-9H2. The first-order chi connectivity index (χ1) is 12.5. The Morgan fingerprint density at radius 3 is 2.73 bits per heavy atom. The van der Waals surface area contributed by atoms with Crippen molar-refractivity contribution in [1.82, 2.24) is 24.8 Å². The van der Waals surface area contributed by atoms with Crippen molar-refractivity contribution in [3.63, 3.8) is 0 Å². The lowest BCUT2D eigenvalue weighted by Gasteiger charge is -2.28. The number of H-pyrrole nitrogens is 1. The molecule has 0 unspecified atom stereocenters. The summed E-state index contributed by atoms with van der Waals surface area (Å²) in [6.45, 7) is 1.25. The maximum atomic E-state index is 13.1. The first-order valence-electron chi connectivity index (χ1n) is 8.14. The molecule has 6 nitrogen and oxygen atoms in total. The minimum absolute atomic E-state index is 0.0749. The van der Waals surface area contributed by atoms with Crippen LogP contribution in [0.1, 0.15) is 17.1 Å². The number of para-hydroxylation sites is 1. The lowest BCUT2D eigenvalue weighted by molar-refractivity contribution is -0.146. The molecule has 1 aromatic carbocycles. The van der Waals surface area contributed by atoms with Gasteiger partial charge in [-0.25, -0.2) is 0 Å². The second kappa shape index (κ2) is 5.20. The van der Waals surface area contributed by atoms with Gasteiger partial charge in [0.1, 0.15) is 5.82 Å². The summed E-state index contributed by atoms with van der Waals surface area (Å²) in [4.78, 5) is 5.40. The van der Waals surface area contributed by atoms with Gasteiger partial charge < -0.3 is 9.88 Å². The highest BCUT2D eigenvalue weighted by Gasteiger charge is 2.38. The van der Waals surface area contributed by atoms with Gasteiger partial charge in [0.2, 0.25) is 0 Å². The Labute approximate surface area is 145 Å². The van der Waals surface area contributed by atoms with Crippen LogP contribution in [0.3, 0.4) is 0 Å². The molecule has 5 rings (SSSR count). The summed E-state index contributed by atoms with van der Waals surface area (Å²) in [6.07, 6.45) is -3.82. The van der Waals surface area contributed by atoms with E-state index in [0.29, 0.717) is 18.9 Å². The molecule has 0 spiro atoms. The highest BCUT2D eigenvalue weighted by molar-refractivity contribution is 5.85. The van der Waals surface area contributed by atoms with Gasteiger partial charge in [-0.3, -0.25) is 0 Å². The summed E-state index contributed by atoms with van der Waals surface area (Å²) >= 11 is 0. The number of aromatic amines is 1. The third-order valence-corrected chi connectivity index (χ3v) is 4.71. The first-order valence-corrected chi connectivity index (χ1v) is 8.14. The molecule has 0 amide bonds. The van der Waals surface area contributed by atoms with Gasteiger partial charge in [0.25, 0.3) is 5.82 Å². The Bertz CT molecular complexity index is 1130. The molecular formula is C17H13F3N6. The Hall–Kier alpha value is -3.10. The van der Waals surface area contributed by atoms with Crippen LogP contribution >= 0.6 is 0 Å². The van der Waals surface area contributed by atoms with E-state index in [1.54, 1.807) is 6.07 Å². The number of aromatic nitrogens is 5. The summed E-state index contributed by atoms with van der Waals surface area (Å²) in [5.41, 5.74) is 3.48. The highest BCUT2D eigenvalue weighted by atomic mass is 19.4. The van der Waals surface area contributed by atoms with Crippen LogP contribution in [-0.4, -0.2) is 31.3 Å². The summed E-state index contributed by atoms with van der Waals surface area (Å²) in [5, 5.41) is 12.1. The zero-order chi connectivity index (χ0) is 17.9. The van der Waals surface area contributed by atoms with Crippen LogP contribution in [-0.2, 0) is 19.1 Å². The molecule has 1 aliphatic rings. The first kappa shape index (κ1) is 15.2. The summed E-state index contributed by atoms with van der Waals surface area (Å²) < 4.78 is 40.0. The number of nitrogens with zero attached hydrogens (tertiary/aromatic N) is 5. The zero-order valence-corrected chi connectivity index (χ0v) is 13.5. The molecule has 0 saturated carbocycles. The average molecular weight is 358 g/mol. The molecule has 4 aromatic rings. The maximum Gasteiger partial charge on any atom is 0.453 e. The summed E-state index contributed by atoms with van der Waals surface area (Å²) in [7, 11) is 0. The molecular weight excluding hydrogens is 345 g/mol. The number of hydrogen-bond acceptors (Lipinski definition) is 4. The van der Waals surface area contributed by atoms with E-state index in [2.05, 4.69) is 20.3 Å². The number of halogens is 3. The van der Waals surface area contributed by atoms with Crippen molar-refractivity contribution in [2.45, 2.75) is 19.1 Å². The normalized spacial score (nSPS) is 15.0. The average Bonchev–Trinajstić information content (AvgIpc) is 3.21. The fraction of sp³-hybridized carbons (Fsp3) is 0.235. The number of benzene rings is 1. The van der Waals surface area contributed by atoms with Crippen LogP contribution in [0.2, 0.25) is 0 Å². The lowest BCUT2D eigenvalue weighted by Crippen LogP contribution is -2.31. The van der Waals surface area contributed by atoms with Crippen LogP contribution < -0.4 is 4.90 Å². The summed E-state index contributed by atoms with van der Waals surface area (Å²) in [6, 6.07) is 11.2. The van der Waals surface area contributed by atoms with Gasteiger partial charge in [-0.2, -0.15) is 17.7 Å². The Morgan fingerprint density at radius 2 is 1.88 bits per heavy atom. The molecule has 1 N–H and O–H groups in total. The van der Waals surface area contributed by atoms with Crippen molar-refractivity contribution in [3.05, 3.63) is 53.5 Å². The van der Waals surface area contributed by atoms with Gasteiger partial charge in [-0.15, -0.1) is 15.3 Å². The molecule has 0 fully saturated rings. The fourth-order valence-corrected chi connectivity index (χ4v) is 3.49. The molecule has 4 heterocycles.